The van der Waals surface area contributed by atoms with Crippen LogP contribution in [0.1, 0.15) is 39.4 Å². The maximum Gasteiger partial charge on any atom is 0.253 e. The van der Waals surface area contributed by atoms with E-state index in [1.807, 2.05) is 61.7 Å². The number of amides is 1. The first-order chi connectivity index (χ1) is 18.8. The number of carbonyl (C=O) groups excluding carboxylic acids is 1. The zero-order valence-electron chi connectivity index (χ0n) is 23.1. The smallest absolute Gasteiger partial charge is 0.253 e. The Labute approximate surface area is 235 Å². The molecule has 2 aromatic heterocycles. The van der Waals surface area contributed by atoms with Gasteiger partial charge in [-0.15, -0.1) is 0 Å². The molecule has 204 valence electrons. The molecule has 1 aliphatic rings. The number of benzene rings is 2. The molecule has 8 nitrogen and oxygen atoms in total. The van der Waals surface area contributed by atoms with E-state index in [-0.39, 0.29) is 11.8 Å². The molecule has 0 N–H and O–H groups in total. The molecule has 0 aliphatic carbocycles. The summed E-state index contributed by atoms with van der Waals surface area (Å²) >= 11 is 6.19. The fraction of sp³-hybridized carbons (Fsp3) is 0.400. The highest BCUT2D eigenvalue weighted by Gasteiger charge is 2.24. The lowest BCUT2D eigenvalue weighted by atomic mass is 9.94. The first-order valence-corrected chi connectivity index (χ1v) is 13.8. The quantitative estimate of drug-likeness (QED) is 0.319. The number of piperazine rings is 1. The minimum atomic E-state index is 0.0556. The Morgan fingerprint density at radius 3 is 2.38 bits per heavy atom. The number of hydrogen-bond acceptors (Lipinski definition) is 6. The third-order valence-electron chi connectivity index (χ3n) is 7.59. The van der Waals surface area contributed by atoms with Gasteiger partial charge in [0.2, 0.25) is 0 Å². The lowest BCUT2D eigenvalue weighted by molar-refractivity contribution is 0.0782. The second-order valence-corrected chi connectivity index (χ2v) is 11.1. The van der Waals surface area contributed by atoms with Gasteiger partial charge < -0.3 is 14.4 Å². The Hall–Kier alpha value is -3.49. The van der Waals surface area contributed by atoms with Crippen molar-refractivity contribution in [1.29, 1.82) is 0 Å². The number of rotatable bonds is 8. The standard InChI is InChI=1S/C30H36ClN7O/c1-21-15-22(2)17-25(16-21)30(39)35(3)18-24(23-5-7-26(31)8-6-23)9-10-37-11-13-38(14-12-37)29-27-28(32-19-33-29)36(4)20-34-27/h5-8,15-17,19-20,24H,9-14,18H2,1-4H3/t24-/m1/s1. The van der Waals surface area contributed by atoms with E-state index in [0.29, 0.717) is 6.54 Å². The molecule has 0 radical (unpaired) electrons. The predicted octanol–water partition coefficient (Wildman–Crippen LogP) is 4.70. The molecule has 1 aliphatic heterocycles. The van der Waals surface area contributed by atoms with E-state index in [4.69, 9.17) is 11.6 Å². The normalized spacial score (nSPS) is 15.1. The molecular formula is C30H36ClN7O. The number of imidazole rings is 1. The summed E-state index contributed by atoms with van der Waals surface area (Å²) in [6.07, 6.45) is 4.36. The van der Waals surface area contributed by atoms with Gasteiger partial charge >= 0.3 is 0 Å². The van der Waals surface area contributed by atoms with Gasteiger partial charge in [-0.3, -0.25) is 9.69 Å². The second kappa shape index (κ2) is 11.7. The molecule has 1 atom stereocenters. The van der Waals surface area contributed by atoms with Gasteiger partial charge in [-0.1, -0.05) is 40.9 Å². The van der Waals surface area contributed by atoms with Crippen molar-refractivity contribution in [2.75, 3.05) is 51.2 Å². The van der Waals surface area contributed by atoms with Gasteiger partial charge in [0.15, 0.2) is 17.0 Å². The van der Waals surface area contributed by atoms with E-state index in [1.165, 1.54) is 5.56 Å². The highest BCUT2D eigenvalue weighted by molar-refractivity contribution is 6.30. The minimum Gasteiger partial charge on any atom is -0.352 e. The molecule has 0 unspecified atom stereocenters. The predicted molar refractivity (Wildman–Crippen MR) is 157 cm³/mol. The molecule has 4 aromatic rings. The number of aryl methyl sites for hydroxylation is 3. The SMILES string of the molecule is Cc1cc(C)cc(C(=O)N(C)C[C@@H](CCN2CCN(c3ncnc4c3ncn4C)CC2)c2ccc(Cl)cc2)c1. The van der Waals surface area contributed by atoms with Crippen molar-refractivity contribution in [2.24, 2.45) is 7.05 Å². The molecule has 2 aromatic carbocycles. The van der Waals surface area contributed by atoms with Crippen LogP contribution in [0.3, 0.4) is 0 Å². The van der Waals surface area contributed by atoms with E-state index in [9.17, 15) is 4.79 Å². The van der Waals surface area contributed by atoms with Crippen LogP contribution in [0.4, 0.5) is 5.82 Å². The van der Waals surface area contributed by atoms with Crippen LogP contribution in [-0.4, -0.2) is 81.5 Å². The molecule has 1 saturated heterocycles. The molecule has 9 heteroatoms. The summed E-state index contributed by atoms with van der Waals surface area (Å²) in [4.78, 5) is 33.4. The number of nitrogens with zero attached hydrogens (tertiary/aromatic N) is 7. The molecule has 0 saturated carbocycles. The molecule has 0 bridgehead atoms. The zero-order valence-corrected chi connectivity index (χ0v) is 23.9. The number of carbonyl (C=O) groups is 1. The molecular weight excluding hydrogens is 510 g/mol. The van der Waals surface area contributed by atoms with Gasteiger partial charge in [-0.25, -0.2) is 15.0 Å². The number of anilines is 1. The molecule has 0 spiro atoms. The molecule has 3 heterocycles. The number of aromatic nitrogens is 4. The van der Waals surface area contributed by atoms with E-state index < -0.39 is 0 Å². The average molecular weight is 546 g/mol. The van der Waals surface area contributed by atoms with E-state index in [2.05, 4.69) is 43.0 Å². The number of likely N-dealkylation sites (N-methyl/N-ethyl adjacent to an activating group) is 1. The summed E-state index contributed by atoms with van der Waals surface area (Å²) in [5.74, 6) is 1.17. The average Bonchev–Trinajstić information content (AvgIpc) is 3.31. The van der Waals surface area contributed by atoms with Gasteiger partial charge in [0.05, 0.1) is 6.33 Å². The van der Waals surface area contributed by atoms with Crippen LogP contribution >= 0.6 is 11.6 Å². The third-order valence-corrected chi connectivity index (χ3v) is 7.85. The van der Waals surface area contributed by atoms with E-state index in [1.54, 1.807) is 12.7 Å². The Balaban J connectivity index is 1.23. The lowest BCUT2D eigenvalue weighted by Crippen LogP contribution is -2.47. The first-order valence-electron chi connectivity index (χ1n) is 13.5. The summed E-state index contributed by atoms with van der Waals surface area (Å²) in [6.45, 7) is 9.33. The lowest BCUT2D eigenvalue weighted by Gasteiger charge is -2.36. The second-order valence-electron chi connectivity index (χ2n) is 10.7. The van der Waals surface area contributed by atoms with Crippen molar-refractivity contribution >= 4 is 34.5 Å². The van der Waals surface area contributed by atoms with Crippen molar-refractivity contribution in [3.63, 3.8) is 0 Å². The van der Waals surface area contributed by atoms with E-state index in [0.717, 1.165) is 77.8 Å². The Bertz CT molecular complexity index is 1420. The fourth-order valence-corrected chi connectivity index (χ4v) is 5.64. The minimum absolute atomic E-state index is 0.0556. The van der Waals surface area contributed by atoms with Crippen molar-refractivity contribution in [1.82, 2.24) is 29.3 Å². The summed E-state index contributed by atoms with van der Waals surface area (Å²) in [5.41, 5.74) is 5.86. The topological polar surface area (TPSA) is 70.4 Å². The monoisotopic (exact) mass is 545 g/mol. The number of fused-ring (bicyclic) bond motifs is 1. The van der Waals surface area contributed by atoms with Crippen LogP contribution in [-0.2, 0) is 7.05 Å². The molecule has 1 fully saturated rings. The van der Waals surface area contributed by atoms with Gasteiger partial charge in [0.1, 0.15) is 6.33 Å². The Kier molecular flexibility index (Phi) is 8.14. The van der Waals surface area contributed by atoms with Gasteiger partial charge in [-0.05, 0) is 56.6 Å². The van der Waals surface area contributed by atoms with Gasteiger partial charge in [-0.2, -0.15) is 0 Å². The van der Waals surface area contributed by atoms with Crippen molar-refractivity contribution in [3.8, 4) is 0 Å². The highest BCUT2D eigenvalue weighted by Crippen LogP contribution is 2.26. The van der Waals surface area contributed by atoms with Crippen LogP contribution in [0.2, 0.25) is 5.02 Å². The summed E-state index contributed by atoms with van der Waals surface area (Å²) in [5, 5.41) is 0.722. The molecule has 1 amide bonds. The highest BCUT2D eigenvalue weighted by atomic mass is 35.5. The van der Waals surface area contributed by atoms with Crippen molar-refractivity contribution in [2.45, 2.75) is 26.2 Å². The van der Waals surface area contributed by atoms with Crippen LogP contribution in [0, 0.1) is 13.8 Å². The maximum absolute atomic E-state index is 13.3. The van der Waals surface area contributed by atoms with Crippen molar-refractivity contribution in [3.05, 3.63) is 82.4 Å². The Morgan fingerprint density at radius 1 is 1.00 bits per heavy atom. The largest absolute Gasteiger partial charge is 0.352 e. The Morgan fingerprint density at radius 2 is 1.69 bits per heavy atom. The summed E-state index contributed by atoms with van der Waals surface area (Å²) in [7, 11) is 3.86. The molecule has 39 heavy (non-hydrogen) atoms. The van der Waals surface area contributed by atoms with Crippen LogP contribution in [0.5, 0.6) is 0 Å². The fourth-order valence-electron chi connectivity index (χ4n) is 5.52. The van der Waals surface area contributed by atoms with Crippen LogP contribution < -0.4 is 4.90 Å². The van der Waals surface area contributed by atoms with Crippen LogP contribution in [0.25, 0.3) is 11.2 Å². The van der Waals surface area contributed by atoms with Gasteiger partial charge in [0, 0.05) is 63.3 Å². The van der Waals surface area contributed by atoms with Gasteiger partial charge in [0.25, 0.3) is 5.91 Å². The summed E-state index contributed by atoms with van der Waals surface area (Å²) < 4.78 is 1.93. The third kappa shape index (κ3) is 6.23. The van der Waals surface area contributed by atoms with Crippen LogP contribution in [0.15, 0.2) is 55.1 Å². The van der Waals surface area contributed by atoms with E-state index >= 15 is 0 Å². The number of hydrogen-bond donors (Lipinski definition) is 0. The molecule has 5 rings (SSSR count). The first kappa shape index (κ1) is 27.1. The number of halogens is 1. The zero-order chi connectivity index (χ0) is 27.5. The van der Waals surface area contributed by atoms with Crippen molar-refractivity contribution < 1.29 is 4.79 Å². The summed E-state index contributed by atoms with van der Waals surface area (Å²) in [6, 6.07) is 14.1. The maximum atomic E-state index is 13.3.